The van der Waals surface area contributed by atoms with Gasteiger partial charge in [0.05, 0.1) is 13.7 Å². The summed E-state index contributed by atoms with van der Waals surface area (Å²) in [7, 11) is 1.63. The Balaban J connectivity index is 1.96. The van der Waals surface area contributed by atoms with Crippen molar-refractivity contribution in [1.82, 2.24) is 4.98 Å². The van der Waals surface area contributed by atoms with Crippen LogP contribution in [0.25, 0.3) is 0 Å². The average Bonchev–Trinajstić information content (AvgIpc) is 2.62. The van der Waals surface area contributed by atoms with E-state index >= 15 is 0 Å². The van der Waals surface area contributed by atoms with Gasteiger partial charge in [-0.1, -0.05) is 12.1 Å². The zero-order valence-electron chi connectivity index (χ0n) is 14.5. The Morgan fingerprint density at radius 2 is 2.04 bits per heavy atom. The van der Waals surface area contributed by atoms with Crippen LogP contribution in [0.1, 0.15) is 19.4 Å². The molecule has 0 radical (unpaired) electrons. The van der Waals surface area contributed by atoms with Gasteiger partial charge in [-0.15, -0.1) is 0 Å². The predicted molar refractivity (Wildman–Crippen MR) is 99.7 cm³/mol. The van der Waals surface area contributed by atoms with E-state index in [0.717, 1.165) is 35.9 Å². The Hall–Kier alpha value is -2.76. The fourth-order valence-electron chi connectivity index (χ4n) is 2.31. The van der Waals surface area contributed by atoms with Crippen molar-refractivity contribution >= 4 is 17.5 Å². The first kappa shape index (κ1) is 17.6. The second-order valence-electron chi connectivity index (χ2n) is 5.26. The van der Waals surface area contributed by atoms with Crippen molar-refractivity contribution < 1.29 is 4.74 Å². The van der Waals surface area contributed by atoms with E-state index in [0.29, 0.717) is 12.5 Å². The Morgan fingerprint density at radius 1 is 1.25 bits per heavy atom. The maximum Gasteiger partial charge on any atom is 0.193 e. The smallest absolute Gasteiger partial charge is 0.193 e. The minimum absolute atomic E-state index is 0.357. The first-order chi connectivity index (χ1) is 11.7. The van der Waals surface area contributed by atoms with Crippen molar-refractivity contribution in [2.75, 3.05) is 30.4 Å². The third-order valence-electron chi connectivity index (χ3n) is 3.67. The lowest BCUT2D eigenvalue weighted by Gasteiger charge is -2.19. The second kappa shape index (κ2) is 8.76. The molecule has 0 unspecified atom stereocenters. The molecule has 2 rings (SSSR count). The van der Waals surface area contributed by atoms with Crippen molar-refractivity contribution in [1.29, 1.82) is 0 Å². The molecule has 3 N–H and O–H groups in total. The number of anilines is 2. The molecule has 0 saturated carbocycles. The van der Waals surface area contributed by atoms with Crippen LogP contribution in [0.2, 0.25) is 0 Å². The molecule has 1 aromatic heterocycles. The number of methoxy groups -OCH3 is 1. The van der Waals surface area contributed by atoms with Crippen LogP contribution in [0.5, 0.6) is 5.75 Å². The van der Waals surface area contributed by atoms with Gasteiger partial charge in [-0.25, -0.2) is 9.98 Å². The molecule has 6 heteroatoms. The fourth-order valence-corrected chi connectivity index (χ4v) is 2.31. The van der Waals surface area contributed by atoms with Gasteiger partial charge in [0.15, 0.2) is 5.96 Å². The molecule has 0 atom stereocenters. The summed E-state index contributed by atoms with van der Waals surface area (Å²) in [6.07, 6.45) is 1.84. The van der Waals surface area contributed by atoms with Gasteiger partial charge in [0.1, 0.15) is 11.6 Å². The van der Waals surface area contributed by atoms with Gasteiger partial charge in [0.25, 0.3) is 0 Å². The van der Waals surface area contributed by atoms with E-state index in [-0.39, 0.29) is 0 Å². The Labute approximate surface area is 143 Å². The van der Waals surface area contributed by atoms with E-state index in [9.17, 15) is 0 Å². The number of benzene rings is 1. The van der Waals surface area contributed by atoms with E-state index in [4.69, 9.17) is 10.5 Å². The van der Waals surface area contributed by atoms with E-state index in [1.54, 1.807) is 7.11 Å². The van der Waals surface area contributed by atoms with Gasteiger partial charge in [0.2, 0.25) is 0 Å². The van der Waals surface area contributed by atoms with Crippen LogP contribution in [0.15, 0.2) is 47.6 Å². The number of hydrogen-bond donors (Lipinski definition) is 2. The van der Waals surface area contributed by atoms with Gasteiger partial charge >= 0.3 is 0 Å². The first-order valence-electron chi connectivity index (χ1n) is 8.07. The molecule has 2 aromatic rings. The average molecular weight is 327 g/mol. The highest BCUT2D eigenvalue weighted by atomic mass is 16.5. The molecule has 1 aromatic carbocycles. The largest absolute Gasteiger partial charge is 0.497 e. The highest BCUT2D eigenvalue weighted by Gasteiger charge is 2.03. The molecule has 128 valence electrons. The van der Waals surface area contributed by atoms with E-state index in [2.05, 4.69) is 34.0 Å². The number of nitrogens with one attached hydrogen (secondary N) is 1. The first-order valence-corrected chi connectivity index (χ1v) is 8.07. The quantitative estimate of drug-likeness (QED) is 0.604. The zero-order valence-corrected chi connectivity index (χ0v) is 14.5. The van der Waals surface area contributed by atoms with Crippen LogP contribution in [0.4, 0.5) is 11.5 Å². The van der Waals surface area contributed by atoms with Crippen LogP contribution in [-0.2, 0) is 6.54 Å². The highest BCUT2D eigenvalue weighted by Crippen LogP contribution is 2.16. The molecule has 24 heavy (non-hydrogen) atoms. The molecule has 0 aliphatic carbocycles. The van der Waals surface area contributed by atoms with E-state index < -0.39 is 0 Å². The monoisotopic (exact) mass is 327 g/mol. The van der Waals surface area contributed by atoms with Crippen molar-refractivity contribution in [3.8, 4) is 5.75 Å². The summed E-state index contributed by atoms with van der Waals surface area (Å²) in [5.74, 6) is 2.11. The summed E-state index contributed by atoms with van der Waals surface area (Å²) < 4.78 is 5.18. The molecule has 1 heterocycles. The Bertz CT molecular complexity index is 665. The number of guanidine groups is 1. The lowest BCUT2D eigenvalue weighted by Crippen LogP contribution is -2.23. The van der Waals surface area contributed by atoms with Crippen LogP contribution >= 0.6 is 0 Å². The number of nitrogens with zero attached hydrogens (tertiary/aromatic N) is 3. The summed E-state index contributed by atoms with van der Waals surface area (Å²) in [4.78, 5) is 11.0. The molecule has 0 amide bonds. The van der Waals surface area contributed by atoms with Crippen molar-refractivity contribution in [2.45, 2.75) is 20.4 Å². The van der Waals surface area contributed by atoms with Gasteiger partial charge in [-0.3, -0.25) is 0 Å². The van der Waals surface area contributed by atoms with Crippen molar-refractivity contribution in [3.63, 3.8) is 0 Å². The minimum Gasteiger partial charge on any atom is -0.497 e. The minimum atomic E-state index is 0.357. The lowest BCUT2D eigenvalue weighted by atomic mass is 10.3. The topological polar surface area (TPSA) is 75.8 Å². The summed E-state index contributed by atoms with van der Waals surface area (Å²) in [5.41, 5.74) is 7.79. The van der Waals surface area contributed by atoms with E-state index in [1.165, 1.54) is 0 Å². The molecule has 0 saturated heterocycles. The van der Waals surface area contributed by atoms with Gasteiger partial charge in [-0.05, 0) is 37.6 Å². The molecule has 0 spiro atoms. The standard InChI is InChI=1S/C18H25N5O/c1-4-23(5-2)17-10-9-14(12-20-17)13-21-18(19)22-15-7-6-8-16(11-15)24-3/h6-12H,4-5,13H2,1-3H3,(H3,19,21,22). The fraction of sp³-hybridized carbons (Fsp3) is 0.333. The maximum atomic E-state index is 5.94. The molecular formula is C18H25N5O. The highest BCUT2D eigenvalue weighted by molar-refractivity contribution is 5.92. The summed E-state index contributed by atoms with van der Waals surface area (Å²) >= 11 is 0. The zero-order chi connectivity index (χ0) is 17.4. The number of rotatable bonds is 7. The molecule has 6 nitrogen and oxygen atoms in total. The summed E-state index contributed by atoms with van der Waals surface area (Å²) in [6.45, 7) is 6.60. The van der Waals surface area contributed by atoms with Gasteiger partial charge in [-0.2, -0.15) is 0 Å². The number of ether oxygens (including phenoxy) is 1. The number of pyridine rings is 1. The summed E-state index contributed by atoms with van der Waals surface area (Å²) in [6, 6.07) is 11.6. The molecular weight excluding hydrogens is 302 g/mol. The van der Waals surface area contributed by atoms with Crippen LogP contribution in [0, 0.1) is 0 Å². The lowest BCUT2D eigenvalue weighted by molar-refractivity contribution is 0.415. The SMILES string of the molecule is CCN(CC)c1ccc(CN=C(N)Nc2cccc(OC)c2)cn1. The van der Waals surface area contributed by atoms with Crippen molar-refractivity contribution in [2.24, 2.45) is 10.7 Å². The van der Waals surface area contributed by atoms with Crippen molar-refractivity contribution in [3.05, 3.63) is 48.2 Å². The number of aliphatic imine (C=N–C) groups is 1. The summed E-state index contributed by atoms with van der Waals surface area (Å²) in [5, 5.41) is 3.05. The predicted octanol–water partition coefficient (Wildman–Crippen LogP) is 2.86. The second-order valence-corrected chi connectivity index (χ2v) is 5.26. The third-order valence-corrected chi connectivity index (χ3v) is 3.67. The van der Waals surface area contributed by atoms with Gasteiger partial charge < -0.3 is 20.7 Å². The number of hydrogen-bond acceptors (Lipinski definition) is 4. The molecule has 0 aliphatic heterocycles. The van der Waals surface area contributed by atoms with Crippen LogP contribution in [-0.4, -0.2) is 31.1 Å². The van der Waals surface area contributed by atoms with Crippen LogP contribution < -0.4 is 20.7 Å². The normalized spacial score (nSPS) is 11.2. The number of nitrogens with two attached hydrogens (primary N) is 1. The maximum absolute atomic E-state index is 5.94. The third kappa shape index (κ3) is 4.87. The molecule has 0 aliphatic rings. The molecule has 0 bridgehead atoms. The van der Waals surface area contributed by atoms with E-state index in [1.807, 2.05) is 42.6 Å². The number of aromatic nitrogens is 1. The van der Waals surface area contributed by atoms with Gasteiger partial charge in [0, 0.05) is 31.0 Å². The Morgan fingerprint density at radius 3 is 2.67 bits per heavy atom. The molecule has 0 fully saturated rings. The van der Waals surface area contributed by atoms with Crippen LogP contribution in [0.3, 0.4) is 0 Å². The Kier molecular flexibility index (Phi) is 6.42.